The molecule has 30 heavy (non-hydrogen) atoms. The Kier molecular flexibility index (Phi) is 5.55. The summed E-state index contributed by atoms with van der Waals surface area (Å²) in [6.45, 7) is 2.08. The Balaban J connectivity index is 1.88. The van der Waals surface area contributed by atoms with Gasteiger partial charge in [-0.05, 0) is 31.9 Å². The first kappa shape index (κ1) is 20.1. The predicted molar refractivity (Wildman–Crippen MR) is 110 cm³/mol. The molecule has 0 fully saturated rings. The molecule has 0 unspecified atom stereocenters. The van der Waals surface area contributed by atoms with Crippen molar-refractivity contribution in [2.75, 3.05) is 20.3 Å². The van der Waals surface area contributed by atoms with Gasteiger partial charge in [0.1, 0.15) is 12.2 Å². The van der Waals surface area contributed by atoms with Crippen LogP contribution in [0.25, 0.3) is 11.0 Å². The number of dihydropyridines is 1. The van der Waals surface area contributed by atoms with Gasteiger partial charge in [-0.3, -0.25) is 9.59 Å². The minimum absolute atomic E-state index is 0.0731. The molecule has 156 valence electrons. The number of Topliss-reactive ketones (excluding diaryl/α,β-unsaturated/α-hetero) is 1. The standard InChI is InChI=1S/C23H23NO6/c1-13-19(23(27)29-11-10-28-2)20(21-16(24-13)7-5-8-17(21)25)15-12-30-18-9-4-3-6-14(18)22(15)26/h3-4,6,9,12,20,24H,5,7-8,10-11H2,1-2H3/t20-/m1/s1. The largest absolute Gasteiger partial charge is 0.464 e. The number of nitrogens with one attached hydrogen (secondary N) is 1. The zero-order valence-corrected chi connectivity index (χ0v) is 16.9. The molecule has 1 N–H and O–H groups in total. The first-order valence-electron chi connectivity index (χ1n) is 9.93. The number of allylic oxidation sites excluding steroid dienone is 3. The number of para-hydroxylation sites is 1. The smallest absolute Gasteiger partial charge is 0.336 e. The van der Waals surface area contributed by atoms with Crippen LogP contribution >= 0.6 is 0 Å². The monoisotopic (exact) mass is 409 g/mol. The van der Waals surface area contributed by atoms with Gasteiger partial charge in [-0.2, -0.15) is 0 Å². The summed E-state index contributed by atoms with van der Waals surface area (Å²) in [5, 5.41) is 3.61. The SMILES string of the molecule is COCCOC(=O)C1=C(C)NC2=C(C(=O)CCC2)[C@@H]1c1coc2ccccc2c1=O. The fourth-order valence-electron chi connectivity index (χ4n) is 4.15. The van der Waals surface area contributed by atoms with Gasteiger partial charge >= 0.3 is 5.97 Å². The van der Waals surface area contributed by atoms with E-state index in [9.17, 15) is 14.4 Å². The highest BCUT2D eigenvalue weighted by Gasteiger charge is 2.40. The summed E-state index contributed by atoms with van der Waals surface area (Å²) in [6, 6.07) is 6.92. The Morgan fingerprint density at radius 2 is 2.00 bits per heavy atom. The van der Waals surface area contributed by atoms with E-state index in [1.165, 1.54) is 13.4 Å². The van der Waals surface area contributed by atoms with Gasteiger partial charge in [-0.25, -0.2) is 4.79 Å². The number of rotatable bonds is 5. The topological polar surface area (TPSA) is 94.8 Å². The highest BCUT2D eigenvalue weighted by atomic mass is 16.6. The van der Waals surface area contributed by atoms with Crippen molar-refractivity contribution in [1.82, 2.24) is 5.32 Å². The van der Waals surface area contributed by atoms with Gasteiger partial charge in [0.25, 0.3) is 0 Å². The Bertz CT molecular complexity index is 1140. The summed E-state index contributed by atoms with van der Waals surface area (Å²) in [7, 11) is 1.52. The van der Waals surface area contributed by atoms with E-state index in [0.29, 0.717) is 35.1 Å². The number of benzene rings is 1. The molecule has 0 saturated carbocycles. The summed E-state index contributed by atoms with van der Waals surface area (Å²) < 4.78 is 16.0. The normalized spacial score (nSPS) is 19.0. The van der Waals surface area contributed by atoms with Gasteiger partial charge in [0, 0.05) is 36.1 Å². The number of esters is 1. The molecular formula is C23H23NO6. The molecule has 2 heterocycles. The van der Waals surface area contributed by atoms with Crippen molar-refractivity contribution in [3.8, 4) is 0 Å². The summed E-state index contributed by atoms with van der Waals surface area (Å²) in [4.78, 5) is 39.2. The highest BCUT2D eigenvalue weighted by molar-refractivity contribution is 6.04. The van der Waals surface area contributed by atoms with Crippen molar-refractivity contribution in [1.29, 1.82) is 0 Å². The Morgan fingerprint density at radius 1 is 1.20 bits per heavy atom. The van der Waals surface area contributed by atoms with Crippen molar-refractivity contribution < 1.29 is 23.5 Å². The summed E-state index contributed by atoms with van der Waals surface area (Å²) in [6.07, 6.45) is 3.15. The van der Waals surface area contributed by atoms with Crippen LogP contribution in [0.15, 0.2) is 62.3 Å². The molecule has 2 aliphatic rings. The van der Waals surface area contributed by atoms with E-state index in [2.05, 4.69) is 5.32 Å². The number of ketones is 1. The molecule has 1 aromatic heterocycles. The fraction of sp³-hybridized carbons (Fsp3) is 0.348. The first-order valence-corrected chi connectivity index (χ1v) is 9.93. The fourth-order valence-corrected chi connectivity index (χ4v) is 4.15. The van der Waals surface area contributed by atoms with E-state index in [-0.39, 0.29) is 35.6 Å². The van der Waals surface area contributed by atoms with Gasteiger partial charge in [-0.15, -0.1) is 0 Å². The van der Waals surface area contributed by atoms with Crippen LogP contribution in [0.5, 0.6) is 0 Å². The number of hydrogen-bond acceptors (Lipinski definition) is 7. The van der Waals surface area contributed by atoms with Gasteiger partial charge < -0.3 is 19.2 Å². The third kappa shape index (κ3) is 3.45. The second kappa shape index (κ2) is 8.28. The van der Waals surface area contributed by atoms with E-state index in [0.717, 1.165) is 12.1 Å². The van der Waals surface area contributed by atoms with Crippen molar-refractivity contribution >= 4 is 22.7 Å². The molecule has 1 aliphatic carbocycles. The second-order valence-electron chi connectivity index (χ2n) is 7.41. The van der Waals surface area contributed by atoms with Crippen LogP contribution in [0.2, 0.25) is 0 Å². The minimum Gasteiger partial charge on any atom is -0.464 e. The van der Waals surface area contributed by atoms with Crippen LogP contribution in [0.1, 0.15) is 37.7 Å². The Hall–Kier alpha value is -3.19. The molecule has 7 heteroatoms. The zero-order valence-electron chi connectivity index (χ0n) is 16.9. The van der Waals surface area contributed by atoms with Gasteiger partial charge in [-0.1, -0.05) is 12.1 Å². The van der Waals surface area contributed by atoms with E-state index in [1.807, 2.05) is 0 Å². The Morgan fingerprint density at radius 3 is 2.80 bits per heavy atom. The molecule has 2 aromatic rings. The molecule has 7 nitrogen and oxygen atoms in total. The third-order valence-electron chi connectivity index (χ3n) is 5.53. The maximum absolute atomic E-state index is 13.3. The van der Waals surface area contributed by atoms with E-state index in [4.69, 9.17) is 13.9 Å². The third-order valence-corrected chi connectivity index (χ3v) is 5.53. The lowest BCUT2D eigenvalue weighted by atomic mass is 9.75. The number of fused-ring (bicyclic) bond motifs is 1. The average molecular weight is 409 g/mol. The summed E-state index contributed by atoms with van der Waals surface area (Å²) in [5.74, 6) is -1.49. The van der Waals surface area contributed by atoms with Crippen molar-refractivity contribution in [2.24, 2.45) is 0 Å². The van der Waals surface area contributed by atoms with Crippen molar-refractivity contribution in [3.63, 3.8) is 0 Å². The van der Waals surface area contributed by atoms with Gasteiger partial charge in [0.05, 0.1) is 29.7 Å². The van der Waals surface area contributed by atoms with Crippen LogP contribution in [-0.4, -0.2) is 32.1 Å². The number of methoxy groups -OCH3 is 1. The molecular weight excluding hydrogens is 386 g/mol. The number of ether oxygens (including phenoxy) is 2. The maximum Gasteiger partial charge on any atom is 0.336 e. The second-order valence-corrected chi connectivity index (χ2v) is 7.41. The molecule has 0 radical (unpaired) electrons. The van der Waals surface area contributed by atoms with Gasteiger partial charge in [0.2, 0.25) is 0 Å². The lowest BCUT2D eigenvalue weighted by Gasteiger charge is -2.33. The molecule has 0 amide bonds. The van der Waals surface area contributed by atoms with Crippen LogP contribution < -0.4 is 10.7 Å². The highest BCUT2D eigenvalue weighted by Crippen LogP contribution is 2.41. The molecule has 4 rings (SSSR count). The van der Waals surface area contributed by atoms with E-state index >= 15 is 0 Å². The van der Waals surface area contributed by atoms with Crippen LogP contribution in [-0.2, 0) is 19.1 Å². The zero-order chi connectivity index (χ0) is 21.3. The predicted octanol–water partition coefficient (Wildman–Crippen LogP) is 2.95. The first-order chi connectivity index (χ1) is 14.5. The summed E-state index contributed by atoms with van der Waals surface area (Å²) >= 11 is 0. The molecule has 1 atom stereocenters. The number of carbonyl (C=O) groups excluding carboxylic acids is 2. The average Bonchev–Trinajstić information content (AvgIpc) is 2.73. The van der Waals surface area contributed by atoms with E-state index < -0.39 is 11.9 Å². The summed E-state index contributed by atoms with van der Waals surface area (Å²) in [5.41, 5.74) is 2.49. The molecule has 1 aromatic carbocycles. The molecule has 0 saturated heterocycles. The van der Waals surface area contributed by atoms with Crippen LogP contribution in [0, 0.1) is 0 Å². The molecule has 1 aliphatic heterocycles. The minimum atomic E-state index is -0.829. The quantitative estimate of drug-likeness (QED) is 0.599. The number of hydrogen-bond donors (Lipinski definition) is 1. The lowest BCUT2D eigenvalue weighted by Crippen LogP contribution is -2.36. The van der Waals surface area contributed by atoms with E-state index in [1.54, 1.807) is 31.2 Å². The Labute approximate surface area is 173 Å². The van der Waals surface area contributed by atoms with Crippen molar-refractivity contribution in [3.05, 3.63) is 68.9 Å². The lowest BCUT2D eigenvalue weighted by molar-refractivity contribution is -0.140. The van der Waals surface area contributed by atoms with Crippen molar-refractivity contribution in [2.45, 2.75) is 32.1 Å². The molecule has 0 spiro atoms. The molecule has 0 bridgehead atoms. The maximum atomic E-state index is 13.3. The van der Waals surface area contributed by atoms with Crippen LogP contribution in [0.4, 0.5) is 0 Å². The van der Waals surface area contributed by atoms with Gasteiger partial charge in [0.15, 0.2) is 11.2 Å². The number of carbonyl (C=O) groups is 2. The van der Waals surface area contributed by atoms with Crippen LogP contribution in [0.3, 0.4) is 0 Å².